The van der Waals surface area contributed by atoms with Crippen LogP contribution in [-0.4, -0.2) is 29.9 Å². The number of nitrogens with one attached hydrogen (secondary N) is 2. The minimum absolute atomic E-state index is 0.169. The number of imidazole rings is 1. The number of hydrogen-bond donors (Lipinski definition) is 3. The summed E-state index contributed by atoms with van der Waals surface area (Å²) in [4.78, 5) is 30.8. The molecule has 0 radical (unpaired) electrons. The lowest BCUT2D eigenvalue weighted by molar-refractivity contribution is 0.475. The van der Waals surface area contributed by atoms with E-state index in [1.807, 2.05) is 6.92 Å². The molecule has 0 saturated heterocycles. The van der Waals surface area contributed by atoms with Crippen LogP contribution in [0.25, 0.3) is 11.2 Å². The fourth-order valence-electron chi connectivity index (χ4n) is 2.64. The second-order valence-corrected chi connectivity index (χ2v) is 6.33. The van der Waals surface area contributed by atoms with Gasteiger partial charge in [0.2, 0.25) is 5.95 Å². The number of phenolic OH excluding ortho intramolecular Hbond substituents is 1. The molecule has 0 aliphatic carbocycles. The Balaban J connectivity index is 2.09. The first-order valence-electron chi connectivity index (χ1n) is 8.21. The highest BCUT2D eigenvalue weighted by atomic mass is 16.3. The summed E-state index contributed by atoms with van der Waals surface area (Å²) in [6.07, 6.45) is 0. The van der Waals surface area contributed by atoms with Crippen molar-refractivity contribution in [2.24, 2.45) is 12.1 Å². The molecule has 2 heterocycles. The zero-order chi connectivity index (χ0) is 19.7. The number of H-pyrrole nitrogens is 1. The van der Waals surface area contributed by atoms with E-state index in [2.05, 4.69) is 27.1 Å². The van der Waals surface area contributed by atoms with E-state index in [4.69, 9.17) is 0 Å². The average Bonchev–Trinajstić information content (AvgIpc) is 2.96. The first kappa shape index (κ1) is 18.2. The van der Waals surface area contributed by atoms with E-state index in [-0.39, 0.29) is 16.9 Å². The number of aromatic hydroxyl groups is 1. The Morgan fingerprint density at radius 2 is 1.96 bits per heavy atom. The second-order valence-electron chi connectivity index (χ2n) is 6.33. The standard InChI is InChI=1S/C18H20N6O3/c1-10(2)9-24-14-15(23(4)18(27)20-16(14)26)19-17(24)22-21-11(3)12-5-7-13(25)8-6-12/h5-8,25H,1,9H2,2-4H3,(H,19,22)(H,20,26,27)/b21-11-. The second kappa shape index (κ2) is 6.94. The molecule has 0 saturated carbocycles. The minimum atomic E-state index is -0.539. The van der Waals surface area contributed by atoms with Gasteiger partial charge in [0.1, 0.15) is 5.75 Å². The lowest BCUT2D eigenvalue weighted by atomic mass is 10.1. The molecular weight excluding hydrogens is 348 g/mol. The van der Waals surface area contributed by atoms with E-state index in [1.54, 1.807) is 35.8 Å². The summed E-state index contributed by atoms with van der Waals surface area (Å²) in [6, 6.07) is 6.61. The molecule has 0 unspecified atom stereocenters. The number of allylic oxidation sites excluding steroid dienone is 1. The van der Waals surface area contributed by atoms with Crippen molar-refractivity contribution in [2.75, 3.05) is 5.43 Å². The summed E-state index contributed by atoms with van der Waals surface area (Å²) >= 11 is 0. The van der Waals surface area contributed by atoms with Crippen molar-refractivity contribution >= 4 is 22.8 Å². The molecular formula is C18H20N6O3. The van der Waals surface area contributed by atoms with Crippen LogP contribution in [0.1, 0.15) is 19.4 Å². The molecule has 3 rings (SSSR count). The first-order valence-corrected chi connectivity index (χ1v) is 8.21. The number of rotatable bonds is 5. The van der Waals surface area contributed by atoms with Crippen LogP contribution in [0.5, 0.6) is 5.75 Å². The Morgan fingerprint density at radius 3 is 2.59 bits per heavy atom. The van der Waals surface area contributed by atoms with Crippen LogP contribution in [0.2, 0.25) is 0 Å². The molecule has 0 spiro atoms. The van der Waals surface area contributed by atoms with Crippen LogP contribution in [0, 0.1) is 0 Å². The monoisotopic (exact) mass is 368 g/mol. The highest BCUT2D eigenvalue weighted by Gasteiger charge is 2.17. The normalized spacial score (nSPS) is 11.7. The topological polar surface area (TPSA) is 117 Å². The number of aromatic nitrogens is 4. The summed E-state index contributed by atoms with van der Waals surface area (Å²) in [5.74, 6) is 0.487. The van der Waals surface area contributed by atoms with E-state index >= 15 is 0 Å². The number of hydrazone groups is 1. The summed E-state index contributed by atoms with van der Waals surface area (Å²) in [6.45, 7) is 7.85. The molecule has 3 N–H and O–H groups in total. The smallest absolute Gasteiger partial charge is 0.329 e. The SMILES string of the molecule is C=C(C)Cn1c(N/N=C(/C)c2ccc(O)cc2)nc2c1c(=O)[nH]c(=O)n2C. The van der Waals surface area contributed by atoms with Crippen molar-refractivity contribution in [1.82, 2.24) is 19.1 Å². The average molecular weight is 368 g/mol. The number of benzene rings is 1. The van der Waals surface area contributed by atoms with Crippen LogP contribution in [0.3, 0.4) is 0 Å². The first-order chi connectivity index (χ1) is 12.8. The van der Waals surface area contributed by atoms with E-state index in [0.717, 1.165) is 11.1 Å². The van der Waals surface area contributed by atoms with Gasteiger partial charge in [-0.2, -0.15) is 10.1 Å². The van der Waals surface area contributed by atoms with Crippen molar-refractivity contribution in [3.05, 3.63) is 62.8 Å². The maximum absolute atomic E-state index is 12.3. The quantitative estimate of drug-likeness (QED) is 0.359. The van der Waals surface area contributed by atoms with Crippen LogP contribution in [0.4, 0.5) is 5.95 Å². The van der Waals surface area contributed by atoms with Gasteiger partial charge in [-0.25, -0.2) is 10.2 Å². The van der Waals surface area contributed by atoms with Gasteiger partial charge >= 0.3 is 5.69 Å². The third-order valence-electron chi connectivity index (χ3n) is 4.04. The van der Waals surface area contributed by atoms with E-state index in [9.17, 15) is 14.7 Å². The number of phenols is 1. The number of fused-ring (bicyclic) bond motifs is 1. The lowest BCUT2D eigenvalue weighted by Gasteiger charge is -2.08. The van der Waals surface area contributed by atoms with Gasteiger partial charge in [-0.1, -0.05) is 12.2 Å². The Labute approximate surface area is 154 Å². The summed E-state index contributed by atoms with van der Waals surface area (Å²) in [5.41, 5.74) is 4.61. The zero-order valence-corrected chi connectivity index (χ0v) is 15.3. The fourth-order valence-corrected chi connectivity index (χ4v) is 2.64. The van der Waals surface area contributed by atoms with Crippen LogP contribution in [0.15, 0.2) is 51.1 Å². The number of nitrogens with zero attached hydrogens (tertiary/aromatic N) is 4. The predicted molar refractivity (Wildman–Crippen MR) is 104 cm³/mol. The molecule has 0 amide bonds. The molecule has 27 heavy (non-hydrogen) atoms. The third-order valence-corrected chi connectivity index (χ3v) is 4.04. The van der Waals surface area contributed by atoms with Gasteiger partial charge in [-0.3, -0.25) is 18.9 Å². The van der Waals surface area contributed by atoms with E-state index < -0.39 is 11.2 Å². The minimum Gasteiger partial charge on any atom is -0.508 e. The molecule has 2 aromatic heterocycles. The molecule has 9 nitrogen and oxygen atoms in total. The van der Waals surface area contributed by atoms with Gasteiger partial charge in [-0.05, 0) is 43.7 Å². The number of aryl methyl sites for hydroxylation is 1. The van der Waals surface area contributed by atoms with Gasteiger partial charge in [0.25, 0.3) is 5.56 Å². The van der Waals surface area contributed by atoms with Crippen molar-refractivity contribution < 1.29 is 5.11 Å². The molecule has 0 fully saturated rings. The van der Waals surface area contributed by atoms with Gasteiger partial charge < -0.3 is 5.11 Å². The fraction of sp³-hybridized carbons (Fsp3) is 0.222. The molecule has 9 heteroatoms. The molecule has 0 aliphatic rings. The Kier molecular flexibility index (Phi) is 4.68. The Bertz CT molecular complexity index is 1160. The summed E-state index contributed by atoms with van der Waals surface area (Å²) < 4.78 is 2.90. The highest BCUT2D eigenvalue weighted by Crippen LogP contribution is 2.17. The zero-order valence-electron chi connectivity index (χ0n) is 15.3. The Morgan fingerprint density at radius 1 is 1.30 bits per heavy atom. The number of hydrogen-bond acceptors (Lipinski definition) is 6. The molecule has 0 atom stereocenters. The largest absolute Gasteiger partial charge is 0.508 e. The highest BCUT2D eigenvalue weighted by molar-refractivity contribution is 5.99. The van der Waals surface area contributed by atoms with Crippen LogP contribution in [-0.2, 0) is 13.6 Å². The summed E-state index contributed by atoms with van der Waals surface area (Å²) in [7, 11) is 1.54. The third kappa shape index (κ3) is 3.52. The molecule has 1 aromatic carbocycles. The van der Waals surface area contributed by atoms with Crippen molar-refractivity contribution in [1.29, 1.82) is 0 Å². The van der Waals surface area contributed by atoms with Gasteiger partial charge in [0.05, 0.1) is 5.71 Å². The maximum atomic E-state index is 12.3. The predicted octanol–water partition coefficient (Wildman–Crippen LogP) is 1.54. The van der Waals surface area contributed by atoms with Crippen LogP contribution < -0.4 is 16.7 Å². The lowest BCUT2D eigenvalue weighted by Crippen LogP contribution is -2.29. The molecule has 0 bridgehead atoms. The van der Waals surface area contributed by atoms with Crippen molar-refractivity contribution in [2.45, 2.75) is 20.4 Å². The molecule has 0 aliphatic heterocycles. The number of aromatic amines is 1. The molecule has 3 aromatic rings. The van der Waals surface area contributed by atoms with Crippen molar-refractivity contribution in [3.63, 3.8) is 0 Å². The Hall–Kier alpha value is -3.62. The van der Waals surface area contributed by atoms with E-state index in [0.29, 0.717) is 18.2 Å². The summed E-state index contributed by atoms with van der Waals surface area (Å²) in [5, 5.41) is 13.7. The molecule has 140 valence electrons. The van der Waals surface area contributed by atoms with E-state index in [1.165, 1.54) is 11.6 Å². The van der Waals surface area contributed by atoms with Crippen molar-refractivity contribution in [3.8, 4) is 5.75 Å². The van der Waals surface area contributed by atoms with Gasteiger partial charge in [-0.15, -0.1) is 0 Å². The van der Waals surface area contributed by atoms with Gasteiger partial charge in [0.15, 0.2) is 11.2 Å². The number of anilines is 1. The maximum Gasteiger partial charge on any atom is 0.329 e. The van der Waals surface area contributed by atoms with Crippen LogP contribution >= 0.6 is 0 Å². The van der Waals surface area contributed by atoms with Gasteiger partial charge in [0, 0.05) is 13.6 Å².